The number of hydrogen-bond donors (Lipinski definition) is 2. The number of nitrogen functional groups attached to an aromatic ring is 1. The quantitative estimate of drug-likeness (QED) is 0.593. The van der Waals surface area contributed by atoms with Crippen LogP contribution >= 0.6 is 0 Å². The molecule has 0 aromatic heterocycles. The number of rotatable bonds is 6. The molecule has 0 unspecified atom stereocenters. The zero-order chi connectivity index (χ0) is 13.6. The van der Waals surface area contributed by atoms with Gasteiger partial charge in [-0.2, -0.15) is 0 Å². The number of sulfonamides is 1. The number of ether oxygens (including phenoxy) is 1. The van der Waals surface area contributed by atoms with Crippen molar-refractivity contribution in [3.63, 3.8) is 0 Å². The summed E-state index contributed by atoms with van der Waals surface area (Å²) in [4.78, 5) is 10.8. The van der Waals surface area contributed by atoms with Crippen molar-refractivity contribution in [3.05, 3.63) is 24.3 Å². The minimum absolute atomic E-state index is 0.0825. The molecule has 100 valence electrons. The van der Waals surface area contributed by atoms with E-state index in [1.54, 1.807) is 24.3 Å². The van der Waals surface area contributed by atoms with E-state index in [0.29, 0.717) is 11.4 Å². The molecule has 0 radical (unpaired) electrons. The summed E-state index contributed by atoms with van der Waals surface area (Å²) >= 11 is 0. The van der Waals surface area contributed by atoms with Crippen LogP contribution < -0.4 is 10.5 Å². The summed E-state index contributed by atoms with van der Waals surface area (Å²) < 4.78 is 30.2. The predicted molar refractivity (Wildman–Crippen MR) is 69.5 cm³/mol. The molecule has 1 aromatic rings. The first kappa shape index (κ1) is 14.3. The highest BCUT2D eigenvalue weighted by Gasteiger charge is 2.11. The second-order valence-electron chi connectivity index (χ2n) is 3.72. The zero-order valence-electron chi connectivity index (χ0n) is 10.0. The first-order valence-electron chi connectivity index (χ1n) is 5.36. The van der Waals surface area contributed by atoms with Crippen LogP contribution in [0.2, 0.25) is 0 Å². The van der Waals surface area contributed by atoms with E-state index in [2.05, 4.69) is 9.46 Å². The molecule has 6 nitrogen and oxygen atoms in total. The van der Waals surface area contributed by atoms with Crippen molar-refractivity contribution in [1.29, 1.82) is 0 Å². The van der Waals surface area contributed by atoms with E-state index in [1.165, 1.54) is 7.11 Å². The molecule has 0 saturated carbocycles. The molecular formula is C11H16N2O4S. The lowest BCUT2D eigenvalue weighted by Gasteiger charge is -2.07. The average molecular weight is 272 g/mol. The van der Waals surface area contributed by atoms with Gasteiger partial charge in [-0.3, -0.25) is 9.52 Å². The van der Waals surface area contributed by atoms with Gasteiger partial charge in [-0.05, 0) is 30.7 Å². The van der Waals surface area contributed by atoms with Crippen molar-refractivity contribution in [2.24, 2.45) is 0 Å². The number of carbonyl (C=O) groups is 1. The Balaban J connectivity index is 2.49. The van der Waals surface area contributed by atoms with Gasteiger partial charge in [0.2, 0.25) is 10.0 Å². The Kier molecular flexibility index (Phi) is 4.96. The highest BCUT2D eigenvalue weighted by Crippen LogP contribution is 2.12. The number of methoxy groups -OCH3 is 1. The van der Waals surface area contributed by atoms with Gasteiger partial charge >= 0.3 is 5.97 Å². The summed E-state index contributed by atoms with van der Waals surface area (Å²) in [6.45, 7) is 0. The van der Waals surface area contributed by atoms with Crippen LogP contribution in [-0.4, -0.2) is 27.2 Å². The highest BCUT2D eigenvalue weighted by atomic mass is 32.2. The largest absolute Gasteiger partial charge is 0.469 e. The average Bonchev–Trinajstić information content (AvgIpc) is 2.31. The Morgan fingerprint density at radius 1 is 1.33 bits per heavy atom. The summed E-state index contributed by atoms with van der Waals surface area (Å²) in [5.74, 6) is -0.551. The molecule has 1 aromatic carbocycles. The SMILES string of the molecule is COC(=O)CCCS(=O)(=O)Nc1ccc(N)cc1. The van der Waals surface area contributed by atoms with Gasteiger partial charge in [-0.1, -0.05) is 0 Å². The minimum Gasteiger partial charge on any atom is -0.469 e. The number of carbonyl (C=O) groups excluding carboxylic acids is 1. The first-order valence-corrected chi connectivity index (χ1v) is 7.01. The van der Waals surface area contributed by atoms with E-state index >= 15 is 0 Å². The van der Waals surface area contributed by atoms with E-state index in [9.17, 15) is 13.2 Å². The van der Waals surface area contributed by atoms with E-state index in [-0.39, 0.29) is 18.6 Å². The van der Waals surface area contributed by atoms with Crippen LogP contribution in [0.5, 0.6) is 0 Å². The summed E-state index contributed by atoms with van der Waals surface area (Å²) in [5.41, 5.74) is 6.50. The summed E-state index contributed by atoms with van der Waals surface area (Å²) in [6, 6.07) is 6.36. The lowest BCUT2D eigenvalue weighted by atomic mass is 10.3. The Morgan fingerprint density at radius 3 is 2.50 bits per heavy atom. The molecule has 0 bridgehead atoms. The fraction of sp³-hybridized carbons (Fsp3) is 0.364. The predicted octanol–water partition coefficient (Wildman–Crippen LogP) is 0.964. The molecule has 7 heteroatoms. The van der Waals surface area contributed by atoms with Crippen LogP contribution in [0.15, 0.2) is 24.3 Å². The highest BCUT2D eigenvalue weighted by molar-refractivity contribution is 7.92. The Hall–Kier alpha value is -1.76. The third-order valence-electron chi connectivity index (χ3n) is 2.21. The number of hydrogen-bond acceptors (Lipinski definition) is 5. The molecule has 1 rings (SSSR count). The van der Waals surface area contributed by atoms with Gasteiger partial charge < -0.3 is 10.5 Å². The molecule has 0 fully saturated rings. The molecule has 0 amide bonds. The third kappa shape index (κ3) is 5.05. The van der Waals surface area contributed by atoms with Gasteiger partial charge in [0.05, 0.1) is 12.9 Å². The van der Waals surface area contributed by atoms with E-state index in [0.717, 1.165) is 0 Å². The van der Waals surface area contributed by atoms with Gasteiger partial charge in [0, 0.05) is 17.8 Å². The smallest absolute Gasteiger partial charge is 0.305 e. The van der Waals surface area contributed by atoms with E-state index < -0.39 is 16.0 Å². The summed E-state index contributed by atoms with van der Waals surface area (Å²) in [5, 5.41) is 0. The maximum Gasteiger partial charge on any atom is 0.305 e. The topological polar surface area (TPSA) is 98.5 Å². The van der Waals surface area contributed by atoms with Crippen molar-refractivity contribution < 1.29 is 17.9 Å². The number of esters is 1. The molecule has 0 spiro atoms. The fourth-order valence-corrected chi connectivity index (χ4v) is 2.41. The molecule has 0 atom stereocenters. The summed E-state index contributed by atoms with van der Waals surface area (Å²) in [7, 11) is -2.18. The molecule has 0 saturated heterocycles. The monoisotopic (exact) mass is 272 g/mol. The number of anilines is 2. The minimum atomic E-state index is -3.45. The third-order valence-corrected chi connectivity index (χ3v) is 3.58. The first-order chi connectivity index (χ1) is 8.43. The van der Waals surface area contributed by atoms with Crippen molar-refractivity contribution >= 4 is 27.4 Å². The standard InChI is InChI=1S/C11H16N2O4S/c1-17-11(14)3-2-8-18(15,16)13-10-6-4-9(12)5-7-10/h4-7,13H,2-3,8,12H2,1H3. The molecule has 0 aliphatic heterocycles. The van der Waals surface area contributed by atoms with Crippen molar-refractivity contribution in [2.45, 2.75) is 12.8 Å². The maximum absolute atomic E-state index is 11.7. The molecule has 0 aliphatic rings. The van der Waals surface area contributed by atoms with E-state index in [1.807, 2.05) is 0 Å². The van der Waals surface area contributed by atoms with Crippen LogP contribution in [0.25, 0.3) is 0 Å². The maximum atomic E-state index is 11.7. The molecule has 18 heavy (non-hydrogen) atoms. The van der Waals surface area contributed by atoms with Crippen molar-refractivity contribution in [1.82, 2.24) is 0 Å². The Morgan fingerprint density at radius 2 is 1.94 bits per heavy atom. The van der Waals surface area contributed by atoms with Crippen LogP contribution in [0.4, 0.5) is 11.4 Å². The van der Waals surface area contributed by atoms with E-state index in [4.69, 9.17) is 5.73 Å². The number of nitrogens with two attached hydrogens (primary N) is 1. The second kappa shape index (κ2) is 6.25. The fourth-order valence-electron chi connectivity index (χ4n) is 1.29. The van der Waals surface area contributed by atoms with Crippen LogP contribution in [0, 0.1) is 0 Å². The normalized spacial score (nSPS) is 10.9. The number of nitrogens with one attached hydrogen (secondary N) is 1. The van der Waals surface area contributed by atoms with Gasteiger partial charge in [0.25, 0.3) is 0 Å². The van der Waals surface area contributed by atoms with Gasteiger partial charge in [0.1, 0.15) is 0 Å². The molecule has 0 aliphatic carbocycles. The molecule has 0 heterocycles. The molecule has 3 N–H and O–H groups in total. The van der Waals surface area contributed by atoms with Crippen LogP contribution in [0.3, 0.4) is 0 Å². The summed E-state index contributed by atoms with van der Waals surface area (Å²) in [6.07, 6.45) is 0.302. The lowest BCUT2D eigenvalue weighted by molar-refractivity contribution is -0.140. The zero-order valence-corrected chi connectivity index (χ0v) is 10.9. The van der Waals surface area contributed by atoms with Gasteiger partial charge in [0.15, 0.2) is 0 Å². The Bertz CT molecular complexity index is 496. The number of benzene rings is 1. The molecular weight excluding hydrogens is 256 g/mol. The Labute approximate surface area is 106 Å². The van der Waals surface area contributed by atoms with Crippen LogP contribution in [-0.2, 0) is 19.6 Å². The lowest BCUT2D eigenvalue weighted by Crippen LogP contribution is -2.17. The van der Waals surface area contributed by atoms with Gasteiger partial charge in [-0.25, -0.2) is 8.42 Å². The van der Waals surface area contributed by atoms with Gasteiger partial charge in [-0.15, -0.1) is 0 Å². The second-order valence-corrected chi connectivity index (χ2v) is 5.56. The van der Waals surface area contributed by atoms with Crippen molar-refractivity contribution in [3.8, 4) is 0 Å². The van der Waals surface area contributed by atoms with Crippen molar-refractivity contribution in [2.75, 3.05) is 23.3 Å². The van der Waals surface area contributed by atoms with Crippen LogP contribution in [0.1, 0.15) is 12.8 Å².